The van der Waals surface area contributed by atoms with E-state index in [-0.39, 0.29) is 16.5 Å². The highest BCUT2D eigenvalue weighted by Gasteiger charge is 2.31. The van der Waals surface area contributed by atoms with Crippen LogP contribution in [0, 0.1) is 16.0 Å². The molecule has 1 aliphatic rings. The maximum absolute atomic E-state index is 13.1. The molecule has 0 spiro atoms. The quantitative estimate of drug-likeness (QED) is 0.405. The molecule has 1 aromatic rings. The number of piperidine rings is 1. The van der Waals surface area contributed by atoms with Crippen molar-refractivity contribution in [3.05, 3.63) is 28.3 Å². The summed E-state index contributed by atoms with van der Waals surface area (Å²) in [6.07, 6.45) is 1.81. The molecule has 30 heavy (non-hydrogen) atoms. The van der Waals surface area contributed by atoms with E-state index < -0.39 is 14.9 Å². The third kappa shape index (κ3) is 6.37. The number of nitrogens with zero attached hydrogens (tertiary/aromatic N) is 5. The first kappa shape index (κ1) is 24.5. The molecule has 1 aliphatic heterocycles. The second-order valence-electron chi connectivity index (χ2n) is 8.61. The predicted octanol–water partition coefficient (Wildman–Crippen LogP) is 1.95. The van der Waals surface area contributed by atoms with E-state index in [9.17, 15) is 18.5 Å². The molecule has 2 rings (SSSR count). The van der Waals surface area contributed by atoms with E-state index in [0.717, 1.165) is 25.9 Å². The first-order valence-corrected chi connectivity index (χ1v) is 11.8. The molecule has 0 aromatic heterocycles. The number of nitro groups is 1. The van der Waals surface area contributed by atoms with Crippen LogP contribution in [0.15, 0.2) is 23.1 Å². The molecule has 0 unspecified atom stereocenters. The fourth-order valence-corrected chi connectivity index (χ4v) is 5.20. The van der Waals surface area contributed by atoms with Crippen LogP contribution >= 0.6 is 0 Å². The van der Waals surface area contributed by atoms with Gasteiger partial charge in [0.05, 0.1) is 9.82 Å². The van der Waals surface area contributed by atoms with Gasteiger partial charge in [0.25, 0.3) is 5.69 Å². The molecule has 1 atom stereocenters. The fraction of sp³-hybridized carbons (Fsp3) is 0.700. The van der Waals surface area contributed by atoms with Gasteiger partial charge in [0, 0.05) is 45.3 Å². The third-order valence-corrected chi connectivity index (χ3v) is 7.24. The summed E-state index contributed by atoms with van der Waals surface area (Å²) in [5.41, 5.74) is 0.285. The van der Waals surface area contributed by atoms with Crippen LogP contribution in [-0.2, 0) is 10.0 Å². The maximum atomic E-state index is 13.1. The molecule has 0 aliphatic carbocycles. The lowest BCUT2D eigenvalue weighted by Gasteiger charge is -2.30. The number of benzene rings is 1. The molecular weight excluding hydrogens is 406 g/mol. The van der Waals surface area contributed by atoms with Crippen LogP contribution in [0.1, 0.15) is 19.8 Å². The maximum Gasteiger partial charge on any atom is 0.293 e. The second-order valence-corrected chi connectivity index (χ2v) is 10.5. The molecular formula is C20H35N5O4S. The Morgan fingerprint density at radius 3 is 2.20 bits per heavy atom. The number of anilines is 1. The summed E-state index contributed by atoms with van der Waals surface area (Å²) in [7, 11) is 4.06. The first-order valence-electron chi connectivity index (χ1n) is 10.4. The highest BCUT2D eigenvalue weighted by molar-refractivity contribution is 7.89. The van der Waals surface area contributed by atoms with Gasteiger partial charge in [-0.1, -0.05) is 6.92 Å². The lowest BCUT2D eigenvalue weighted by atomic mass is 10.0. The Kier molecular flexibility index (Phi) is 8.60. The molecule has 9 nitrogen and oxygen atoms in total. The number of likely N-dealkylation sites (N-methyl/N-ethyl adjacent to an activating group) is 2. The topological polar surface area (TPSA) is 90.2 Å². The van der Waals surface area contributed by atoms with Gasteiger partial charge in [-0.3, -0.25) is 10.1 Å². The number of hydrogen-bond acceptors (Lipinski definition) is 7. The van der Waals surface area contributed by atoms with Crippen LogP contribution < -0.4 is 4.90 Å². The molecule has 0 saturated carbocycles. The van der Waals surface area contributed by atoms with Crippen LogP contribution in [0.2, 0.25) is 0 Å². The van der Waals surface area contributed by atoms with Crippen molar-refractivity contribution < 1.29 is 13.3 Å². The molecule has 1 heterocycles. The number of nitro benzene ring substituents is 1. The molecule has 0 radical (unpaired) electrons. The Hall–Kier alpha value is -1.75. The highest BCUT2D eigenvalue weighted by Crippen LogP contribution is 2.33. The van der Waals surface area contributed by atoms with E-state index >= 15 is 0 Å². The van der Waals surface area contributed by atoms with Gasteiger partial charge in [0.1, 0.15) is 5.69 Å². The second kappa shape index (κ2) is 10.5. The lowest BCUT2D eigenvalue weighted by molar-refractivity contribution is -0.384. The van der Waals surface area contributed by atoms with Gasteiger partial charge in [0.15, 0.2) is 0 Å². The zero-order valence-corrected chi connectivity index (χ0v) is 19.6. The van der Waals surface area contributed by atoms with Crippen molar-refractivity contribution in [2.45, 2.75) is 24.7 Å². The minimum absolute atomic E-state index is 0.00720. The molecule has 10 heteroatoms. The molecule has 1 aromatic carbocycles. The van der Waals surface area contributed by atoms with Crippen molar-refractivity contribution in [3.63, 3.8) is 0 Å². The van der Waals surface area contributed by atoms with Crippen molar-refractivity contribution >= 4 is 21.4 Å². The van der Waals surface area contributed by atoms with Crippen molar-refractivity contribution in [3.8, 4) is 0 Å². The van der Waals surface area contributed by atoms with E-state index in [4.69, 9.17) is 0 Å². The number of sulfonamides is 1. The lowest BCUT2D eigenvalue weighted by Crippen LogP contribution is -2.39. The molecule has 1 fully saturated rings. The summed E-state index contributed by atoms with van der Waals surface area (Å²) in [4.78, 5) is 17.4. The van der Waals surface area contributed by atoms with Crippen LogP contribution in [0.4, 0.5) is 11.4 Å². The molecule has 170 valence electrons. The van der Waals surface area contributed by atoms with Crippen molar-refractivity contribution in [1.82, 2.24) is 14.1 Å². The Bertz CT molecular complexity index is 816. The standard InChI is InChI=1S/C20H35N5O4S/c1-17-7-6-10-24(16-17)30(28,29)18-8-9-19(20(15-18)25(26)27)23(13-11-21(2)3)14-12-22(4)5/h8-9,15,17H,6-7,10-14,16H2,1-5H3/t17-/m1/s1. The van der Waals surface area contributed by atoms with Gasteiger partial charge in [-0.05, 0) is 59.1 Å². The fourth-order valence-electron chi connectivity index (χ4n) is 3.59. The smallest absolute Gasteiger partial charge is 0.293 e. The van der Waals surface area contributed by atoms with Gasteiger partial charge in [-0.2, -0.15) is 4.31 Å². The van der Waals surface area contributed by atoms with Gasteiger partial charge in [0.2, 0.25) is 10.0 Å². The monoisotopic (exact) mass is 441 g/mol. The predicted molar refractivity (Wildman–Crippen MR) is 120 cm³/mol. The van der Waals surface area contributed by atoms with E-state index in [1.807, 2.05) is 49.8 Å². The highest BCUT2D eigenvalue weighted by atomic mass is 32.2. The Morgan fingerprint density at radius 1 is 1.10 bits per heavy atom. The molecule has 0 bridgehead atoms. The van der Waals surface area contributed by atoms with Gasteiger partial charge in [-0.15, -0.1) is 0 Å². The summed E-state index contributed by atoms with van der Waals surface area (Å²) in [5.74, 6) is 0.287. The van der Waals surface area contributed by atoms with Crippen molar-refractivity contribution in [1.29, 1.82) is 0 Å². The minimum Gasteiger partial charge on any atom is -0.363 e. The molecule has 0 N–H and O–H groups in total. The Morgan fingerprint density at radius 2 is 1.70 bits per heavy atom. The van der Waals surface area contributed by atoms with Gasteiger partial charge in [-0.25, -0.2) is 8.42 Å². The zero-order chi connectivity index (χ0) is 22.5. The van der Waals surface area contributed by atoms with E-state index in [0.29, 0.717) is 31.9 Å². The summed E-state index contributed by atoms with van der Waals surface area (Å²) in [6.45, 7) is 5.62. The van der Waals surface area contributed by atoms with Gasteiger partial charge >= 0.3 is 0 Å². The van der Waals surface area contributed by atoms with E-state index in [1.54, 1.807) is 6.07 Å². The minimum atomic E-state index is -3.75. The van der Waals surface area contributed by atoms with E-state index in [2.05, 4.69) is 0 Å². The average molecular weight is 442 g/mol. The summed E-state index contributed by atoms with van der Waals surface area (Å²) >= 11 is 0. The third-order valence-electron chi connectivity index (χ3n) is 5.38. The van der Waals surface area contributed by atoms with Crippen molar-refractivity contribution in [2.75, 3.05) is 72.4 Å². The summed E-state index contributed by atoms with van der Waals surface area (Å²) in [5, 5.41) is 11.9. The zero-order valence-electron chi connectivity index (χ0n) is 18.7. The largest absolute Gasteiger partial charge is 0.363 e. The number of hydrogen-bond donors (Lipinski definition) is 0. The SMILES string of the molecule is C[C@@H]1CCCN(S(=O)(=O)c2ccc(N(CCN(C)C)CCN(C)C)c([N+](=O)[O-])c2)C1. The average Bonchev–Trinajstić information content (AvgIpc) is 2.67. The van der Waals surface area contributed by atoms with Crippen LogP contribution in [0.5, 0.6) is 0 Å². The summed E-state index contributed by atoms with van der Waals surface area (Å²) in [6, 6.07) is 4.32. The molecule has 0 amide bonds. The van der Waals surface area contributed by atoms with Crippen LogP contribution in [-0.4, -0.2) is 94.9 Å². The molecule has 1 saturated heterocycles. The Balaban J connectivity index is 2.39. The van der Waals surface area contributed by atoms with Gasteiger partial charge < -0.3 is 14.7 Å². The van der Waals surface area contributed by atoms with Crippen molar-refractivity contribution in [2.24, 2.45) is 5.92 Å². The number of rotatable bonds is 10. The normalized spacial score (nSPS) is 18.2. The summed E-state index contributed by atoms with van der Waals surface area (Å²) < 4.78 is 27.6. The first-order chi connectivity index (χ1) is 14.0. The Labute approximate surface area is 180 Å². The van der Waals surface area contributed by atoms with E-state index in [1.165, 1.54) is 16.4 Å². The van der Waals surface area contributed by atoms with Crippen LogP contribution in [0.3, 0.4) is 0 Å². The van der Waals surface area contributed by atoms with Crippen LogP contribution in [0.25, 0.3) is 0 Å².